The van der Waals surface area contributed by atoms with Gasteiger partial charge in [0.25, 0.3) is 0 Å². The van der Waals surface area contributed by atoms with Gasteiger partial charge in [0, 0.05) is 7.05 Å². The molecule has 0 fully saturated rings. The lowest BCUT2D eigenvalue weighted by atomic mass is 10.1. The highest BCUT2D eigenvalue weighted by atomic mass is 19.4. The number of anilines is 3. The van der Waals surface area contributed by atoms with Gasteiger partial charge in [-0.1, -0.05) is 12.1 Å². The van der Waals surface area contributed by atoms with Crippen LogP contribution in [0, 0.1) is 5.82 Å². The number of alkyl halides is 3. The van der Waals surface area contributed by atoms with Crippen molar-refractivity contribution in [2.45, 2.75) is 6.18 Å². The van der Waals surface area contributed by atoms with Crippen molar-refractivity contribution in [1.29, 1.82) is 0 Å². The van der Waals surface area contributed by atoms with E-state index in [2.05, 4.69) is 20.6 Å². The zero-order valence-electron chi connectivity index (χ0n) is 10.3. The van der Waals surface area contributed by atoms with E-state index < -0.39 is 17.6 Å². The second-order valence-electron chi connectivity index (χ2n) is 3.81. The van der Waals surface area contributed by atoms with Crippen LogP contribution in [0.4, 0.5) is 35.0 Å². The van der Waals surface area contributed by atoms with Gasteiger partial charge in [-0.25, -0.2) is 9.37 Å². The molecule has 0 aliphatic rings. The maximum Gasteiger partial charge on any atom is 0.418 e. The Morgan fingerprint density at radius 2 is 1.85 bits per heavy atom. The molecule has 2 rings (SSSR count). The summed E-state index contributed by atoms with van der Waals surface area (Å²) in [7, 11) is 1.51. The van der Waals surface area contributed by atoms with E-state index >= 15 is 0 Å². The minimum absolute atomic E-state index is 0.0957. The molecule has 0 unspecified atom stereocenters. The van der Waals surface area contributed by atoms with E-state index in [1.165, 1.54) is 25.2 Å². The summed E-state index contributed by atoms with van der Waals surface area (Å²) in [6.45, 7) is 0. The molecular weight excluding hydrogens is 276 g/mol. The Hall–Kier alpha value is -2.38. The van der Waals surface area contributed by atoms with E-state index in [4.69, 9.17) is 0 Å². The first-order valence-corrected chi connectivity index (χ1v) is 5.55. The van der Waals surface area contributed by atoms with E-state index in [0.717, 1.165) is 12.3 Å². The summed E-state index contributed by atoms with van der Waals surface area (Å²) in [5.41, 5.74) is -1.18. The van der Waals surface area contributed by atoms with Crippen molar-refractivity contribution in [2.24, 2.45) is 0 Å². The third kappa shape index (κ3) is 2.95. The fourth-order valence-corrected chi connectivity index (χ4v) is 1.54. The summed E-state index contributed by atoms with van der Waals surface area (Å²) in [6.07, 6.45) is -3.67. The molecule has 106 valence electrons. The molecule has 0 spiro atoms. The second kappa shape index (κ2) is 5.32. The van der Waals surface area contributed by atoms with Gasteiger partial charge in [0.05, 0.1) is 17.4 Å². The van der Waals surface area contributed by atoms with Crippen molar-refractivity contribution in [2.75, 3.05) is 17.7 Å². The normalized spacial score (nSPS) is 11.2. The maximum absolute atomic E-state index is 13.5. The number of rotatable bonds is 3. The number of hydrogen-bond donors (Lipinski definition) is 2. The molecule has 2 N–H and O–H groups in total. The maximum atomic E-state index is 13.5. The predicted molar refractivity (Wildman–Crippen MR) is 66.3 cm³/mol. The molecule has 8 heteroatoms. The van der Waals surface area contributed by atoms with Crippen molar-refractivity contribution < 1.29 is 17.6 Å². The lowest BCUT2D eigenvalue weighted by Crippen LogP contribution is -2.10. The minimum Gasteiger partial charge on any atom is -0.357 e. The molecule has 1 aromatic heterocycles. The highest BCUT2D eigenvalue weighted by molar-refractivity contribution is 5.62. The van der Waals surface area contributed by atoms with E-state index in [9.17, 15) is 17.6 Å². The molecule has 0 aliphatic heterocycles. The fraction of sp³-hybridized carbons (Fsp3) is 0.167. The van der Waals surface area contributed by atoms with Gasteiger partial charge in [0.2, 0.25) is 5.95 Å². The Kier molecular flexibility index (Phi) is 3.73. The fourth-order valence-electron chi connectivity index (χ4n) is 1.54. The molecule has 1 aromatic carbocycles. The average Bonchev–Trinajstić information content (AvgIpc) is 2.41. The third-order valence-electron chi connectivity index (χ3n) is 2.45. The molecular formula is C12H10F4N4. The summed E-state index contributed by atoms with van der Waals surface area (Å²) in [6, 6.07) is 4.77. The SMILES string of the molecule is CNc1ncc(F)c(Nc2ccccc2C(F)(F)F)n1. The van der Waals surface area contributed by atoms with Gasteiger partial charge in [-0.15, -0.1) is 0 Å². The molecule has 0 saturated heterocycles. The van der Waals surface area contributed by atoms with Crippen LogP contribution in [0.5, 0.6) is 0 Å². The van der Waals surface area contributed by atoms with E-state index in [-0.39, 0.29) is 17.5 Å². The third-order valence-corrected chi connectivity index (χ3v) is 2.45. The average molecular weight is 286 g/mol. The van der Waals surface area contributed by atoms with Crippen LogP contribution in [-0.4, -0.2) is 17.0 Å². The molecule has 0 radical (unpaired) electrons. The first kappa shape index (κ1) is 14.0. The first-order valence-electron chi connectivity index (χ1n) is 5.55. The minimum atomic E-state index is -4.54. The Morgan fingerprint density at radius 3 is 2.50 bits per heavy atom. The van der Waals surface area contributed by atoms with E-state index in [0.29, 0.717) is 0 Å². The van der Waals surface area contributed by atoms with Crippen LogP contribution in [0.1, 0.15) is 5.56 Å². The van der Waals surface area contributed by atoms with Gasteiger partial charge in [-0.2, -0.15) is 18.2 Å². The quantitative estimate of drug-likeness (QED) is 0.849. The zero-order valence-corrected chi connectivity index (χ0v) is 10.3. The van der Waals surface area contributed by atoms with Gasteiger partial charge in [0.1, 0.15) is 0 Å². The summed E-state index contributed by atoms with van der Waals surface area (Å²) in [4.78, 5) is 7.34. The van der Waals surface area contributed by atoms with Crippen LogP contribution in [0.3, 0.4) is 0 Å². The van der Waals surface area contributed by atoms with Gasteiger partial charge in [0.15, 0.2) is 11.6 Å². The van der Waals surface area contributed by atoms with Crippen LogP contribution >= 0.6 is 0 Å². The van der Waals surface area contributed by atoms with Crippen LogP contribution in [0.25, 0.3) is 0 Å². The van der Waals surface area contributed by atoms with Gasteiger partial charge in [-0.3, -0.25) is 0 Å². The van der Waals surface area contributed by atoms with Crippen molar-refractivity contribution in [3.63, 3.8) is 0 Å². The van der Waals surface area contributed by atoms with Crippen molar-refractivity contribution in [3.8, 4) is 0 Å². The predicted octanol–water partition coefficient (Wildman–Crippen LogP) is 3.42. The number of halogens is 4. The number of nitrogens with one attached hydrogen (secondary N) is 2. The van der Waals surface area contributed by atoms with Gasteiger partial charge in [-0.05, 0) is 12.1 Å². The number of nitrogens with zero attached hydrogens (tertiary/aromatic N) is 2. The molecule has 0 bridgehead atoms. The Morgan fingerprint density at radius 1 is 1.15 bits per heavy atom. The molecule has 0 amide bonds. The second-order valence-corrected chi connectivity index (χ2v) is 3.81. The molecule has 2 aromatic rings. The van der Waals surface area contributed by atoms with Crippen LogP contribution < -0.4 is 10.6 Å². The highest BCUT2D eigenvalue weighted by Crippen LogP contribution is 2.35. The number of benzene rings is 1. The van der Waals surface area contributed by atoms with Crippen LogP contribution in [0.15, 0.2) is 30.5 Å². The lowest BCUT2D eigenvalue weighted by molar-refractivity contribution is -0.136. The molecule has 0 saturated carbocycles. The largest absolute Gasteiger partial charge is 0.418 e. The standard InChI is InChI=1S/C12H10F4N4/c1-17-11-18-6-8(13)10(20-11)19-9-5-3-2-4-7(9)12(14,15)16/h2-6H,1H3,(H2,17,18,19,20). The zero-order chi connectivity index (χ0) is 14.8. The topological polar surface area (TPSA) is 49.8 Å². The highest BCUT2D eigenvalue weighted by Gasteiger charge is 2.33. The van der Waals surface area contributed by atoms with E-state index in [1.807, 2.05) is 0 Å². The molecule has 1 heterocycles. The Balaban J connectivity index is 2.40. The van der Waals surface area contributed by atoms with Gasteiger partial charge >= 0.3 is 6.18 Å². The van der Waals surface area contributed by atoms with Gasteiger partial charge < -0.3 is 10.6 Å². The molecule has 4 nitrogen and oxygen atoms in total. The monoisotopic (exact) mass is 286 g/mol. The van der Waals surface area contributed by atoms with Crippen molar-refractivity contribution in [1.82, 2.24) is 9.97 Å². The molecule has 0 atom stereocenters. The first-order chi connectivity index (χ1) is 9.41. The molecule has 0 aliphatic carbocycles. The lowest BCUT2D eigenvalue weighted by Gasteiger charge is -2.14. The van der Waals surface area contributed by atoms with Crippen molar-refractivity contribution in [3.05, 3.63) is 41.8 Å². The molecule has 20 heavy (non-hydrogen) atoms. The summed E-state index contributed by atoms with van der Waals surface area (Å²) < 4.78 is 52.0. The van der Waals surface area contributed by atoms with Crippen LogP contribution in [-0.2, 0) is 6.18 Å². The smallest absolute Gasteiger partial charge is 0.357 e. The van der Waals surface area contributed by atoms with Crippen molar-refractivity contribution >= 4 is 17.5 Å². The summed E-state index contributed by atoms with van der Waals surface area (Å²) >= 11 is 0. The van der Waals surface area contributed by atoms with E-state index in [1.54, 1.807) is 0 Å². The summed E-state index contributed by atoms with van der Waals surface area (Å²) in [5, 5.41) is 4.91. The number of para-hydroxylation sites is 1. The Labute approximate surface area is 111 Å². The van der Waals surface area contributed by atoms with Crippen LogP contribution in [0.2, 0.25) is 0 Å². The summed E-state index contributed by atoms with van der Waals surface area (Å²) in [5.74, 6) is -1.08. The number of aromatic nitrogens is 2. The number of hydrogen-bond acceptors (Lipinski definition) is 4. The Bertz CT molecular complexity index is 613.